The van der Waals surface area contributed by atoms with Gasteiger partial charge in [-0.1, -0.05) is 29.8 Å². The Morgan fingerprint density at radius 3 is 2.54 bits per heavy atom. The number of amides is 1. The van der Waals surface area contributed by atoms with Crippen LogP contribution in [0.25, 0.3) is 23.0 Å². The SMILES string of the molecule is COc1ccc(-c2nn(-c3ccccc3)cc2/C=C/C(=O)OCC(=O)Nc2cccnc2Cl)cc1. The number of aromatic nitrogens is 3. The fourth-order valence-corrected chi connectivity index (χ4v) is 3.37. The van der Waals surface area contributed by atoms with E-state index in [1.54, 1.807) is 30.0 Å². The maximum atomic E-state index is 12.3. The summed E-state index contributed by atoms with van der Waals surface area (Å²) in [6.07, 6.45) is 6.17. The third kappa shape index (κ3) is 6.13. The van der Waals surface area contributed by atoms with Gasteiger partial charge < -0.3 is 14.8 Å². The van der Waals surface area contributed by atoms with Gasteiger partial charge >= 0.3 is 5.97 Å². The molecule has 176 valence electrons. The lowest BCUT2D eigenvalue weighted by Gasteiger charge is -2.06. The Morgan fingerprint density at radius 1 is 1.06 bits per heavy atom. The molecule has 0 atom stereocenters. The molecule has 0 saturated heterocycles. The number of methoxy groups -OCH3 is 1. The van der Waals surface area contributed by atoms with Crippen LogP contribution in [-0.4, -0.2) is 40.4 Å². The Hall–Kier alpha value is -4.43. The number of hydrogen-bond acceptors (Lipinski definition) is 6. The monoisotopic (exact) mass is 488 g/mol. The number of carbonyl (C=O) groups is 2. The lowest BCUT2D eigenvalue weighted by atomic mass is 10.1. The maximum Gasteiger partial charge on any atom is 0.331 e. The van der Waals surface area contributed by atoms with Crippen molar-refractivity contribution in [3.8, 4) is 22.7 Å². The van der Waals surface area contributed by atoms with Gasteiger partial charge in [0.25, 0.3) is 5.91 Å². The van der Waals surface area contributed by atoms with E-state index < -0.39 is 18.5 Å². The number of benzene rings is 2. The zero-order valence-corrected chi connectivity index (χ0v) is 19.5. The van der Waals surface area contributed by atoms with Crippen LogP contribution in [0.15, 0.2) is 85.2 Å². The predicted molar refractivity (Wildman–Crippen MR) is 133 cm³/mol. The van der Waals surface area contributed by atoms with Gasteiger partial charge in [-0.2, -0.15) is 5.10 Å². The minimum atomic E-state index is -0.675. The first-order valence-electron chi connectivity index (χ1n) is 10.6. The molecule has 2 heterocycles. The Morgan fingerprint density at radius 2 is 1.83 bits per heavy atom. The highest BCUT2D eigenvalue weighted by Crippen LogP contribution is 2.27. The van der Waals surface area contributed by atoms with E-state index in [0.29, 0.717) is 16.9 Å². The van der Waals surface area contributed by atoms with Crippen LogP contribution in [0, 0.1) is 0 Å². The van der Waals surface area contributed by atoms with Gasteiger partial charge in [-0.15, -0.1) is 0 Å². The van der Waals surface area contributed by atoms with Crippen LogP contribution in [-0.2, 0) is 14.3 Å². The minimum absolute atomic E-state index is 0.147. The third-order valence-electron chi connectivity index (χ3n) is 4.90. The van der Waals surface area contributed by atoms with Crippen LogP contribution in [0.4, 0.5) is 5.69 Å². The van der Waals surface area contributed by atoms with Crippen molar-refractivity contribution in [2.24, 2.45) is 0 Å². The van der Waals surface area contributed by atoms with Crippen LogP contribution in [0.5, 0.6) is 5.75 Å². The molecule has 0 unspecified atom stereocenters. The smallest absolute Gasteiger partial charge is 0.331 e. The van der Waals surface area contributed by atoms with E-state index in [1.165, 1.54) is 12.3 Å². The van der Waals surface area contributed by atoms with Gasteiger partial charge in [-0.3, -0.25) is 4.79 Å². The molecule has 0 aliphatic rings. The number of nitrogens with one attached hydrogen (secondary N) is 1. The van der Waals surface area contributed by atoms with Gasteiger partial charge in [0.15, 0.2) is 11.8 Å². The van der Waals surface area contributed by atoms with E-state index in [4.69, 9.17) is 26.2 Å². The van der Waals surface area contributed by atoms with Crippen molar-refractivity contribution in [1.82, 2.24) is 14.8 Å². The summed E-state index contributed by atoms with van der Waals surface area (Å²) in [5.41, 5.74) is 3.42. The lowest BCUT2D eigenvalue weighted by molar-refractivity contribution is -0.142. The second-order valence-electron chi connectivity index (χ2n) is 7.27. The highest BCUT2D eigenvalue weighted by atomic mass is 35.5. The molecule has 35 heavy (non-hydrogen) atoms. The molecule has 8 nitrogen and oxygen atoms in total. The Kier molecular flexibility index (Phi) is 7.54. The van der Waals surface area contributed by atoms with E-state index in [-0.39, 0.29) is 5.15 Å². The minimum Gasteiger partial charge on any atom is -0.497 e. The highest BCUT2D eigenvalue weighted by Gasteiger charge is 2.12. The highest BCUT2D eigenvalue weighted by molar-refractivity contribution is 6.32. The summed E-state index contributed by atoms with van der Waals surface area (Å²) < 4.78 is 12.0. The molecule has 2 aromatic carbocycles. The van der Waals surface area contributed by atoms with Crippen molar-refractivity contribution >= 4 is 35.2 Å². The molecule has 0 radical (unpaired) electrons. The second kappa shape index (κ2) is 11.1. The normalized spacial score (nSPS) is 10.8. The van der Waals surface area contributed by atoms with Gasteiger partial charge in [-0.05, 0) is 54.6 Å². The summed E-state index contributed by atoms with van der Waals surface area (Å²) in [4.78, 5) is 28.2. The quantitative estimate of drug-likeness (QED) is 0.217. The van der Waals surface area contributed by atoms with Gasteiger partial charge in [0.05, 0.1) is 24.2 Å². The molecule has 1 N–H and O–H groups in total. The molecule has 9 heteroatoms. The Balaban J connectivity index is 1.49. The van der Waals surface area contributed by atoms with Crippen molar-refractivity contribution in [3.05, 3.63) is 95.9 Å². The largest absolute Gasteiger partial charge is 0.497 e. The number of anilines is 1. The second-order valence-corrected chi connectivity index (χ2v) is 7.63. The van der Waals surface area contributed by atoms with Crippen molar-refractivity contribution in [2.45, 2.75) is 0 Å². The van der Waals surface area contributed by atoms with E-state index in [0.717, 1.165) is 17.0 Å². The molecule has 0 saturated carbocycles. The van der Waals surface area contributed by atoms with Crippen LogP contribution in [0.3, 0.4) is 0 Å². The summed E-state index contributed by atoms with van der Waals surface area (Å²) in [5.74, 6) is -0.481. The molecule has 0 fully saturated rings. The van der Waals surface area contributed by atoms with Crippen LogP contribution < -0.4 is 10.1 Å². The number of hydrogen-bond donors (Lipinski definition) is 1. The molecular weight excluding hydrogens is 468 g/mol. The number of halogens is 1. The summed E-state index contributed by atoms with van der Waals surface area (Å²) in [5, 5.41) is 7.39. The summed E-state index contributed by atoms with van der Waals surface area (Å²) in [7, 11) is 1.60. The van der Waals surface area contributed by atoms with Crippen molar-refractivity contribution in [2.75, 3.05) is 19.0 Å². The fraction of sp³-hybridized carbons (Fsp3) is 0.0769. The Labute approximate surface area is 206 Å². The number of ether oxygens (including phenoxy) is 2. The molecule has 4 rings (SSSR count). The topological polar surface area (TPSA) is 95.3 Å². The number of rotatable bonds is 8. The molecule has 0 aliphatic carbocycles. The van der Waals surface area contributed by atoms with E-state index >= 15 is 0 Å². The van der Waals surface area contributed by atoms with Crippen LogP contribution >= 0.6 is 11.6 Å². The first-order valence-corrected chi connectivity index (χ1v) is 11.0. The zero-order valence-electron chi connectivity index (χ0n) is 18.7. The summed E-state index contributed by atoms with van der Waals surface area (Å²) in [6, 6.07) is 20.3. The molecule has 4 aromatic rings. The molecule has 0 spiro atoms. The van der Waals surface area contributed by atoms with Crippen LogP contribution in [0.2, 0.25) is 5.15 Å². The summed E-state index contributed by atoms with van der Waals surface area (Å²) in [6.45, 7) is -0.469. The average molecular weight is 489 g/mol. The van der Waals surface area contributed by atoms with E-state index in [1.807, 2.05) is 60.8 Å². The fourth-order valence-electron chi connectivity index (χ4n) is 3.20. The van der Waals surface area contributed by atoms with Crippen molar-refractivity contribution < 1.29 is 19.1 Å². The van der Waals surface area contributed by atoms with Crippen molar-refractivity contribution in [1.29, 1.82) is 0 Å². The average Bonchev–Trinajstić information content (AvgIpc) is 3.32. The maximum absolute atomic E-state index is 12.3. The lowest BCUT2D eigenvalue weighted by Crippen LogP contribution is -2.20. The first kappa shape index (κ1) is 23.7. The van der Waals surface area contributed by atoms with Crippen molar-refractivity contribution in [3.63, 3.8) is 0 Å². The third-order valence-corrected chi connectivity index (χ3v) is 5.21. The Bertz CT molecular complexity index is 1350. The van der Waals surface area contributed by atoms with Gasteiger partial charge in [0, 0.05) is 29.6 Å². The number of pyridine rings is 1. The molecule has 0 aliphatic heterocycles. The van der Waals surface area contributed by atoms with Gasteiger partial charge in [0.1, 0.15) is 5.75 Å². The predicted octanol–water partition coefficient (Wildman–Crippen LogP) is 4.79. The number of nitrogens with zero attached hydrogens (tertiary/aromatic N) is 3. The van der Waals surface area contributed by atoms with Gasteiger partial charge in [0.2, 0.25) is 0 Å². The number of para-hydroxylation sites is 1. The zero-order chi connectivity index (χ0) is 24.6. The standard InChI is InChI=1S/C26H21ClN4O4/c1-34-21-12-9-18(10-13-21)25-19(16-31(30-25)20-6-3-2-4-7-20)11-14-24(33)35-17-23(32)29-22-8-5-15-28-26(22)27/h2-16H,17H2,1H3,(H,29,32)/b14-11+. The number of carbonyl (C=O) groups excluding carboxylic acids is 2. The molecule has 1 amide bonds. The molecule has 2 aromatic heterocycles. The molecule has 0 bridgehead atoms. The number of esters is 1. The van der Waals surface area contributed by atoms with E-state index in [2.05, 4.69) is 10.3 Å². The first-order chi connectivity index (χ1) is 17.0. The summed E-state index contributed by atoms with van der Waals surface area (Å²) >= 11 is 5.92. The van der Waals surface area contributed by atoms with Gasteiger partial charge in [-0.25, -0.2) is 14.5 Å². The van der Waals surface area contributed by atoms with Crippen LogP contribution in [0.1, 0.15) is 5.56 Å². The molecular formula is C26H21ClN4O4. The van der Waals surface area contributed by atoms with E-state index in [9.17, 15) is 9.59 Å².